The SMILES string of the molecule is COC(=O)C1=C(C)C(C)N1. The smallest absolute Gasteiger partial charge is 0.354 e. The zero-order valence-corrected chi connectivity index (χ0v) is 6.39. The Balaban J connectivity index is 2.69. The third kappa shape index (κ3) is 0.875. The van der Waals surface area contributed by atoms with Crippen molar-refractivity contribution in [2.45, 2.75) is 19.9 Å². The standard InChI is InChI=1S/C7H11NO2/c1-4-5(2)8-6(4)7(9)10-3/h5,8H,1-3H3. The third-order valence-electron chi connectivity index (χ3n) is 1.79. The number of methoxy groups -OCH3 is 1. The number of hydrogen-bond donors (Lipinski definition) is 1. The molecule has 0 bridgehead atoms. The molecule has 0 saturated heterocycles. The van der Waals surface area contributed by atoms with E-state index in [4.69, 9.17) is 0 Å². The summed E-state index contributed by atoms with van der Waals surface area (Å²) in [5, 5.41) is 2.95. The van der Waals surface area contributed by atoms with Crippen molar-refractivity contribution in [3.8, 4) is 0 Å². The van der Waals surface area contributed by atoms with Gasteiger partial charge in [-0.2, -0.15) is 0 Å². The topological polar surface area (TPSA) is 38.3 Å². The summed E-state index contributed by atoms with van der Waals surface area (Å²) in [5.74, 6) is -0.268. The van der Waals surface area contributed by atoms with Crippen LogP contribution in [0.25, 0.3) is 0 Å². The van der Waals surface area contributed by atoms with Gasteiger partial charge in [0.15, 0.2) is 0 Å². The Morgan fingerprint density at radius 3 is 2.60 bits per heavy atom. The van der Waals surface area contributed by atoms with Crippen molar-refractivity contribution in [3.63, 3.8) is 0 Å². The van der Waals surface area contributed by atoms with Crippen molar-refractivity contribution in [2.75, 3.05) is 7.11 Å². The first-order valence-electron chi connectivity index (χ1n) is 3.22. The van der Waals surface area contributed by atoms with E-state index in [-0.39, 0.29) is 5.97 Å². The van der Waals surface area contributed by atoms with E-state index in [2.05, 4.69) is 10.1 Å². The highest BCUT2D eigenvalue weighted by Crippen LogP contribution is 2.18. The summed E-state index contributed by atoms with van der Waals surface area (Å²) in [4.78, 5) is 10.8. The minimum atomic E-state index is -0.268. The normalized spacial score (nSPS) is 23.3. The van der Waals surface area contributed by atoms with E-state index in [0.717, 1.165) is 5.57 Å². The fraction of sp³-hybridized carbons (Fsp3) is 0.571. The average molecular weight is 141 g/mol. The lowest BCUT2D eigenvalue weighted by Gasteiger charge is -2.29. The van der Waals surface area contributed by atoms with Crippen molar-refractivity contribution < 1.29 is 9.53 Å². The number of esters is 1. The van der Waals surface area contributed by atoms with Crippen LogP contribution in [0.4, 0.5) is 0 Å². The summed E-state index contributed by atoms with van der Waals surface area (Å²) in [5.41, 5.74) is 1.70. The van der Waals surface area contributed by atoms with E-state index in [1.54, 1.807) is 0 Å². The Morgan fingerprint density at radius 2 is 2.30 bits per heavy atom. The van der Waals surface area contributed by atoms with Gasteiger partial charge >= 0.3 is 5.97 Å². The molecule has 0 aliphatic carbocycles. The molecular weight excluding hydrogens is 130 g/mol. The minimum absolute atomic E-state index is 0.268. The maximum Gasteiger partial charge on any atom is 0.354 e. The minimum Gasteiger partial charge on any atom is -0.464 e. The summed E-state index contributed by atoms with van der Waals surface area (Å²) in [6.45, 7) is 3.93. The van der Waals surface area contributed by atoms with E-state index >= 15 is 0 Å². The molecule has 0 radical (unpaired) electrons. The summed E-state index contributed by atoms with van der Waals surface area (Å²) in [6, 6.07) is 0.328. The van der Waals surface area contributed by atoms with Crippen molar-refractivity contribution in [1.82, 2.24) is 5.32 Å². The molecule has 0 aromatic carbocycles. The highest BCUT2D eigenvalue weighted by atomic mass is 16.5. The van der Waals surface area contributed by atoms with Crippen LogP contribution in [-0.2, 0) is 9.53 Å². The van der Waals surface area contributed by atoms with E-state index in [1.165, 1.54) is 7.11 Å². The summed E-state index contributed by atoms with van der Waals surface area (Å²) in [7, 11) is 1.38. The molecule has 1 rings (SSSR count). The molecule has 10 heavy (non-hydrogen) atoms. The second-order valence-corrected chi connectivity index (χ2v) is 2.42. The maximum absolute atomic E-state index is 10.8. The first-order valence-corrected chi connectivity index (χ1v) is 3.22. The number of nitrogens with one attached hydrogen (secondary N) is 1. The lowest BCUT2D eigenvalue weighted by molar-refractivity contribution is -0.137. The average Bonchev–Trinajstić information content (AvgIpc) is 1.98. The monoisotopic (exact) mass is 141 g/mol. The van der Waals surface area contributed by atoms with Crippen molar-refractivity contribution in [2.24, 2.45) is 0 Å². The summed E-state index contributed by atoms with van der Waals surface area (Å²) in [6.07, 6.45) is 0. The Bertz CT molecular complexity index is 196. The summed E-state index contributed by atoms with van der Waals surface area (Å²) < 4.78 is 4.51. The van der Waals surface area contributed by atoms with Gasteiger partial charge in [-0.15, -0.1) is 0 Å². The molecular formula is C7H11NO2. The maximum atomic E-state index is 10.8. The van der Waals surface area contributed by atoms with Crippen LogP contribution >= 0.6 is 0 Å². The Kier molecular flexibility index (Phi) is 1.66. The molecule has 0 aromatic heterocycles. The fourth-order valence-corrected chi connectivity index (χ4v) is 0.899. The van der Waals surface area contributed by atoms with Gasteiger partial charge in [0.25, 0.3) is 0 Å². The zero-order valence-electron chi connectivity index (χ0n) is 6.39. The Morgan fingerprint density at radius 1 is 1.70 bits per heavy atom. The van der Waals surface area contributed by atoms with Gasteiger partial charge in [0, 0.05) is 6.04 Å². The van der Waals surface area contributed by atoms with Crippen LogP contribution in [0, 0.1) is 0 Å². The lowest BCUT2D eigenvalue weighted by atomic mass is 10.0. The number of hydrogen-bond acceptors (Lipinski definition) is 3. The molecule has 3 nitrogen and oxygen atoms in total. The molecule has 0 fully saturated rings. The predicted molar refractivity (Wildman–Crippen MR) is 37.3 cm³/mol. The number of carbonyl (C=O) groups excluding carboxylic acids is 1. The Labute approximate surface area is 60.1 Å². The summed E-state index contributed by atoms with van der Waals surface area (Å²) >= 11 is 0. The van der Waals surface area contributed by atoms with E-state index in [1.807, 2.05) is 13.8 Å². The van der Waals surface area contributed by atoms with Gasteiger partial charge in [-0.3, -0.25) is 0 Å². The first kappa shape index (κ1) is 7.12. The zero-order chi connectivity index (χ0) is 7.72. The molecule has 0 spiro atoms. The van der Waals surface area contributed by atoms with Gasteiger partial charge in [-0.25, -0.2) is 4.79 Å². The number of ether oxygens (including phenoxy) is 1. The molecule has 3 heteroatoms. The number of rotatable bonds is 1. The second kappa shape index (κ2) is 2.33. The van der Waals surface area contributed by atoms with Gasteiger partial charge in [0.05, 0.1) is 7.11 Å². The van der Waals surface area contributed by atoms with Crippen LogP contribution < -0.4 is 5.32 Å². The largest absolute Gasteiger partial charge is 0.464 e. The molecule has 1 aliphatic rings. The molecule has 56 valence electrons. The van der Waals surface area contributed by atoms with Crippen molar-refractivity contribution >= 4 is 5.97 Å². The van der Waals surface area contributed by atoms with Crippen LogP contribution in [0.2, 0.25) is 0 Å². The predicted octanol–water partition coefficient (Wildman–Crippen LogP) is 0.425. The highest BCUT2D eigenvalue weighted by molar-refractivity contribution is 5.90. The molecule has 0 saturated carbocycles. The molecule has 0 aromatic rings. The van der Waals surface area contributed by atoms with Crippen molar-refractivity contribution in [3.05, 3.63) is 11.3 Å². The molecule has 1 N–H and O–H groups in total. The van der Waals surface area contributed by atoms with Crippen LogP contribution in [0.3, 0.4) is 0 Å². The van der Waals surface area contributed by atoms with Crippen LogP contribution in [0.15, 0.2) is 11.3 Å². The molecule has 1 aliphatic heterocycles. The van der Waals surface area contributed by atoms with Gasteiger partial charge in [-0.1, -0.05) is 0 Å². The fourth-order valence-electron chi connectivity index (χ4n) is 0.899. The molecule has 1 unspecified atom stereocenters. The third-order valence-corrected chi connectivity index (χ3v) is 1.79. The van der Waals surface area contributed by atoms with Crippen LogP contribution in [-0.4, -0.2) is 19.1 Å². The molecule has 0 amide bonds. The molecule has 1 atom stereocenters. The Hall–Kier alpha value is -0.990. The van der Waals surface area contributed by atoms with Gasteiger partial charge in [0.2, 0.25) is 0 Å². The lowest BCUT2D eigenvalue weighted by Crippen LogP contribution is -2.42. The second-order valence-electron chi connectivity index (χ2n) is 2.42. The van der Waals surface area contributed by atoms with Gasteiger partial charge in [0.1, 0.15) is 5.70 Å². The molecule has 1 heterocycles. The van der Waals surface area contributed by atoms with E-state index < -0.39 is 0 Å². The van der Waals surface area contributed by atoms with Crippen LogP contribution in [0.1, 0.15) is 13.8 Å². The van der Waals surface area contributed by atoms with Crippen LogP contribution in [0.5, 0.6) is 0 Å². The highest BCUT2D eigenvalue weighted by Gasteiger charge is 2.26. The quantitative estimate of drug-likeness (QED) is 0.538. The van der Waals surface area contributed by atoms with E-state index in [0.29, 0.717) is 11.7 Å². The van der Waals surface area contributed by atoms with Crippen molar-refractivity contribution in [1.29, 1.82) is 0 Å². The first-order chi connectivity index (χ1) is 4.66. The van der Waals surface area contributed by atoms with Gasteiger partial charge in [-0.05, 0) is 19.4 Å². The van der Waals surface area contributed by atoms with E-state index in [9.17, 15) is 4.79 Å². The van der Waals surface area contributed by atoms with Gasteiger partial charge < -0.3 is 10.1 Å². The number of carbonyl (C=O) groups is 1.